The van der Waals surface area contributed by atoms with Gasteiger partial charge in [-0.15, -0.1) is 0 Å². The lowest BCUT2D eigenvalue weighted by Crippen LogP contribution is -2.43. The van der Waals surface area contributed by atoms with Gasteiger partial charge in [0.2, 0.25) is 0 Å². The molecule has 7 heteroatoms. The first-order chi connectivity index (χ1) is 9.76. The lowest BCUT2D eigenvalue weighted by molar-refractivity contribution is -0.137. The topological polar surface area (TPSA) is 48.1 Å². The fourth-order valence-electron chi connectivity index (χ4n) is 2.06. The fraction of sp³-hybridized carbons (Fsp3) is 0.357. The minimum atomic E-state index is -4.40. The van der Waals surface area contributed by atoms with Crippen molar-refractivity contribution in [2.75, 3.05) is 13.6 Å². The van der Waals surface area contributed by atoms with E-state index in [0.717, 1.165) is 23.5 Å². The lowest BCUT2D eigenvalue weighted by Gasteiger charge is -2.22. The first kappa shape index (κ1) is 15.2. The Labute approximate surface area is 119 Å². The van der Waals surface area contributed by atoms with E-state index in [1.807, 2.05) is 24.3 Å². The van der Waals surface area contributed by atoms with Gasteiger partial charge in [-0.25, -0.2) is 4.79 Å². The molecule has 0 spiro atoms. The zero-order chi connectivity index (χ0) is 15.6. The van der Waals surface area contributed by atoms with Crippen molar-refractivity contribution in [3.05, 3.63) is 36.0 Å². The van der Waals surface area contributed by atoms with Crippen LogP contribution in [-0.2, 0) is 0 Å². The van der Waals surface area contributed by atoms with Crippen LogP contribution in [-0.4, -0.2) is 35.7 Å². The highest BCUT2D eigenvalue weighted by Crippen LogP contribution is 2.20. The number of alkyl halides is 3. The van der Waals surface area contributed by atoms with Crippen molar-refractivity contribution >= 4 is 16.9 Å². The van der Waals surface area contributed by atoms with E-state index in [1.54, 1.807) is 13.1 Å². The second kappa shape index (κ2) is 5.67. The molecule has 0 bridgehead atoms. The first-order valence-electron chi connectivity index (χ1n) is 6.42. The molecule has 0 saturated heterocycles. The third-order valence-electron chi connectivity index (χ3n) is 3.18. The molecule has 114 valence electrons. The number of amides is 2. The number of benzene rings is 1. The molecule has 0 unspecified atom stereocenters. The number of rotatable bonds is 3. The van der Waals surface area contributed by atoms with E-state index in [1.165, 1.54) is 0 Å². The molecule has 1 atom stereocenters. The summed E-state index contributed by atoms with van der Waals surface area (Å²) in [5, 5.41) is 3.54. The number of aromatic nitrogens is 1. The number of aromatic amines is 1. The number of nitrogens with one attached hydrogen (secondary N) is 2. The van der Waals surface area contributed by atoms with Crippen molar-refractivity contribution in [3.63, 3.8) is 0 Å². The molecule has 0 aliphatic heterocycles. The molecule has 4 nitrogen and oxygen atoms in total. The molecule has 0 saturated carbocycles. The maximum atomic E-state index is 12.2. The summed E-state index contributed by atoms with van der Waals surface area (Å²) in [6, 6.07) is 6.34. The molecule has 0 radical (unpaired) electrons. The summed E-state index contributed by atoms with van der Waals surface area (Å²) in [4.78, 5) is 15.4. The normalized spacial score (nSPS) is 13.2. The Bertz CT molecular complexity index is 636. The van der Waals surface area contributed by atoms with Gasteiger partial charge in [0.1, 0.15) is 6.54 Å². The SMILES string of the molecule is C[C@H](NC(=O)N(C)CC(F)(F)F)c1ccc2[nH]ccc2c1. The maximum Gasteiger partial charge on any atom is 0.406 e. The van der Waals surface area contributed by atoms with Crippen molar-refractivity contribution in [1.29, 1.82) is 0 Å². The van der Waals surface area contributed by atoms with E-state index >= 15 is 0 Å². The van der Waals surface area contributed by atoms with Gasteiger partial charge in [-0.05, 0) is 36.1 Å². The monoisotopic (exact) mass is 299 g/mol. The quantitative estimate of drug-likeness (QED) is 0.896. The van der Waals surface area contributed by atoms with Gasteiger partial charge in [0.25, 0.3) is 0 Å². The number of H-pyrrole nitrogens is 1. The summed E-state index contributed by atoms with van der Waals surface area (Å²) in [6.07, 6.45) is -2.60. The van der Waals surface area contributed by atoms with Crippen molar-refractivity contribution < 1.29 is 18.0 Å². The molecule has 0 aliphatic rings. The smallest absolute Gasteiger partial charge is 0.361 e. The zero-order valence-corrected chi connectivity index (χ0v) is 11.7. The van der Waals surface area contributed by atoms with Crippen LogP contribution >= 0.6 is 0 Å². The Hall–Kier alpha value is -2.18. The summed E-state index contributed by atoms with van der Waals surface area (Å²) in [5.41, 5.74) is 1.79. The second-order valence-electron chi connectivity index (χ2n) is 4.97. The predicted octanol–water partition coefficient (Wildman–Crippen LogP) is 3.43. The highest BCUT2D eigenvalue weighted by atomic mass is 19.4. The number of carbonyl (C=O) groups is 1. The van der Waals surface area contributed by atoms with Crippen molar-refractivity contribution in [2.45, 2.75) is 19.1 Å². The third kappa shape index (κ3) is 3.90. The Balaban J connectivity index is 2.03. The number of fused-ring (bicyclic) bond motifs is 1. The summed E-state index contributed by atoms with van der Waals surface area (Å²) < 4.78 is 36.7. The van der Waals surface area contributed by atoms with E-state index in [0.29, 0.717) is 4.90 Å². The molecule has 1 aromatic carbocycles. The van der Waals surface area contributed by atoms with Gasteiger partial charge in [0, 0.05) is 18.8 Å². The van der Waals surface area contributed by atoms with E-state index < -0.39 is 18.8 Å². The fourth-order valence-corrected chi connectivity index (χ4v) is 2.06. The molecule has 2 rings (SSSR count). The zero-order valence-electron chi connectivity index (χ0n) is 11.7. The molecule has 21 heavy (non-hydrogen) atoms. The van der Waals surface area contributed by atoms with E-state index in [2.05, 4.69) is 10.3 Å². The number of hydrogen-bond acceptors (Lipinski definition) is 1. The van der Waals surface area contributed by atoms with Gasteiger partial charge in [0.15, 0.2) is 0 Å². The van der Waals surface area contributed by atoms with Crippen molar-refractivity contribution in [2.24, 2.45) is 0 Å². The van der Waals surface area contributed by atoms with E-state index in [-0.39, 0.29) is 6.04 Å². The molecule has 1 heterocycles. The summed E-state index contributed by atoms with van der Waals surface area (Å²) in [6.45, 7) is 0.454. The molecular formula is C14H16F3N3O. The molecular weight excluding hydrogens is 283 g/mol. The lowest BCUT2D eigenvalue weighted by atomic mass is 10.1. The summed E-state index contributed by atoms with van der Waals surface area (Å²) in [5.74, 6) is 0. The predicted molar refractivity (Wildman–Crippen MR) is 73.9 cm³/mol. The number of halogens is 3. The third-order valence-corrected chi connectivity index (χ3v) is 3.18. The van der Waals surface area contributed by atoms with Crippen LogP contribution in [0.15, 0.2) is 30.5 Å². The first-order valence-corrected chi connectivity index (χ1v) is 6.42. The van der Waals surface area contributed by atoms with Crippen LogP contribution in [0.2, 0.25) is 0 Å². The van der Waals surface area contributed by atoms with Crippen molar-refractivity contribution in [1.82, 2.24) is 15.2 Å². The Morgan fingerprint density at radius 2 is 2.10 bits per heavy atom. The number of urea groups is 1. The van der Waals surface area contributed by atoms with Crippen LogP contribution in [0.4, 0.5) is 18.0 Å². The molecule has 2 aromatic rings. The maximum absolute atomic E-state index is 12.2. The van der Waals surface area contributed by atoms with Crippen LogP contribution in [0.3, 0.4) is 0 Å². The summed E-state index contributed by atoms with van der Waals surface area (Å²) in [7, 11) is 1.12. The van der Waals surface area contributed by atoms with Crippen LogP contribution in [0.5, 0.6) is 0 Å². The largest absolute Gasteiger partial charge is 0.406 e. The van der Waals surface area contributed by atoms with Crippen LogP contribution in [0.1, 0.15) is 18.5 Å². The van der Waals surface area contributed by atoms with Crippen LogP contribution in [0.25, 0.3) is 10.9 Å². The van der Waals surface area contributed by atoms with Gasteiger partial charge < -0.3 is 15.2 Å². The Morgan fingerprint density at radius 3 is 2.76 bits per heavy atom. The minimum absolute atomic E-state index is 0.382. The second-order valence-corrected chi connectivity index (χ2v) is 4.97. The average Bonchev–Trinajstić information content (AvgIpc) is 2.83. The van der Waals surface area contributed by atoms with Gasteiger partial charge in [-0.1, -0.05) is 6.07 Å². The standard InChI is InChI=1S/C14H16F3N3O/c1-9(19-13(21)20(2)8-14(15,16)17)10-3-4-12-11(7-10)5-6-18-12/h3-7,9,18H,8H2,1-2H3,(H,19,21)/t9-/m0/s1. The Kier molecular flexibility index (Phi) is 4.11. The summed E-state index contributed by atoms with van der Waals surface area (Å²) >= 11 is 0. The number of carbonyl (C=O) groups excluding carboxylic acids is 1. The van der Waals surface area contributed by atoms with Crippen LogP contribution in [0, 0.1) is 0 Å². The number of nitrogens with zero attached hydrogens (tertiary/aromatic N) is 1. The van der Waals surface area contributed by atoms with Gasteiger partial charge in [-0.3, -0.25) is 0 Å². The van der Waals surface area contributed by atoms with Crippen molar-refractivity contribution in [3.8, 4) is 0 Å². The Morgan fingerprint density at radius 1 is 1.38 bits per heavy atom. The minimum Gasteiger partial charge on any atom is -0.361 e. The molecule has 2 amide bonds. The average molecular weight is 299 g/mol. The highest BCUT2D eigenvalue weighted by Gasteiger charge is 2.31. The van der Waals surface area contributed by atoms with E-state index in [9.17, 15) is 18.0 Å². The molecule has 0 aliphatic carbocycles. The molecule has 0 fully saturated rings. The molecule has 1 aromatic heterocycles. The van der Waals surface area contributed by atoms with Gasteiger partial charge in [-0.2, -0.15) is 13.2 Å². The van der Waals surface area contributed by atoms with E-state index in [4.69, 9.17) is 0 Å². The van der Waals surface area contributed by atoms with Gasteiger partial charge in [0.05, 0.1) is 6.04 Å². The highest BCUT2D eigenvalue weighted by molar-refractivity contribution is 5.80. The van der Waals surface area contributed by atoms with Gasteiger partial charge >= 0.3 is 12.2 Å². The van der Waals surface area contributed by atoms with Crippen LogP contribution < -0.4 is 5.32 Å². The number of hydrogen-bond donors (Lipinski definition) is 2. The molecule has 2 N–H and O–H groups in total.